The van der Waals surface area contributed by atoms with E-state index in [1.165, 1.54) is 11.1 Å². The molecule has 0 heterocycles. The molecule has 1 atom stereocenters. The van der Waals surface area contributed by atoms with Crippen molar-refractivity contribution in [3.05, 3.63) is 29.3 Å². The van der Waals surface area contributed by atoms with E-state index in [1.807, 2.05) is 0 Å². The van der Waals surface area contributed by atoms with Gasteiger partial charge in [0.05, 0.1) is 6.61 Å². The molecule has 3 heteroatoms. The van der Waals surface area contributed by atoms with Gasteiger partial charge < -0.3 is 14.8 Å². The normalized spacial score (nSPS) is 12.4. The van der Waals surface area contributed by atoms with Gasteiger partial charge in [0, 0.05) is 25.3 Å². The lowest BCUT2D eigenvalue weighted by atomic mass is 10.0. The van der Waals surface area contributed by atoms with Gasteiger partial charge in [-0.1, -0.05) is 19.1 Å². The third kappa shape index (κ3) is 5.93. The monoisotopic (exact) mass is 279 g/mol. The molecule has 1 aromatic rings. The van der Waals surface area contributed by atoms with E-state index in [-0.39, 0.29) is 0 Å². The van der Waals surface area contributed by atoms with Crippen LogP contribution in [0, 0.1) is 6.92 Å². The maximum Gasteiger partial charge on any atom is 0.124 e. The minimum atomic E-state index is 0.324. The topological polar surface area (TPSA) is 30.5 Å². The van der Waals surface area contributed by atoms with Crippen LogP contribution in [0.3, 0.4) is 0 Å². The number of hydrogen-bond donors (Lipinski definition) is 1. The lowest BCUT2D eigenvalue weighted by Gasteiger charge is -2.19. The Morgan fingerprint density at radius 2 is 1.95 bits per heavy atom. The van der Waals surface area contributed by atoms with Gasteiger partial charge in [-0.3, -0.25) is 0 Å². The van der Waals surface area contributed by atoms with Crippen molar-refractivity contribution in [1.29, 1.82) is 0 Å². The third-order valence-electron chi connectivity index (χ3n) is 3.34. The number of benzene rings is 1. The highest BCUT2D eigenvalue weighted by Crippen LogP contribution is 2.26. The van der Waals surface area contributed by atoms with Gasteiger partial charge in [0.1, 0.15) is 5.75 Å². The van der Waals surface area contributed by atoms with Gasteiger partial charge in [0.15, 0.2) is 0 Å². The largest absolute Gasteiger partial charge is 0.493 e. The van der Waals surface area contributed by atoms with Crippen molar-refractivity contribution in [3.8, 4) is 5.75 Å². The maximum atomic E-state index is 5.97. The average molecular weight is 279 g/mol. The van der Waals surface area contributed by atoms with E-state index in [9.17, 15) is 0 Å². The molecule has 0 saturated heterocycles. The molecule has 1 N–H and O–H groups in total. The van der Waals surface area contributed by atoms with Crippen LogP contribution < -0.4 is 10.1 Å². The highest BCUT2D eigenvalue weighted by atomic mass is 16.5. The van der Waals surface area contributed by atoms with E-state index >= 15 is 0 Å². The van der Waals surface area contributed by atoms with E-state index in [4.69, 9.17) is 9.47 Å². The van der Waals surface area contributed by atoms with Crippen molar-refractivity contribution < 1.29 is 9.47 Å². The first-order valence-corrected chi connectivity index (χ1v) is 7.64. The van der Waals surface area contributed by atoms with Crippen LogP contribution in [0.15, 0.2) is 18.2 Å². The standard InChI is InChI=1S/C17H29NO2/c1-5-10-18-15(3)16-9-8-14(2)13-17(16)20-12-7-6-11-19-4/h8-9,13,15,18H,5-7,10-12H2,1-4H3. The summed E-state index contributed by atoms with van der Waals surface area (Å²) in [5.74, 6) is 1.01. The van der Waals surface area contributed by atoms with E-state index in [0.717, 1.165) is 44.8 Å². The number of unbranched alkanes of at least 4 members (excludes halogenated alkanes) is 1. The fourth-order valence-electron chi connectivity index (χ4n) is 2.13. The van der Waals surface area contributed by atoms with E-state index in [0.29, 0.717) is 6.04 Å². The Labute approximate surface area is 123 Å². The first-order chi connectivity index (χ1) is 9.69. The van der Waals surface area contributed by atoms with Crippen LogP contribution >= 0.6 is 0 Å². The van der Waals surface area contributed by atoms with Crippen LogP contribution in [0.25, 0.3) is 0 Å². The summed E-state index contributed by atoms with van der Waals surface area (Å²) in [6.45, 7) is 9.06. The molecule has 0 radical (unpaired) electrons. The molecule has 0 aliphatic heterocycles. The molecule has 3 nitrogen and oxygen atoms in total. The zero-order valence-electron chi connectivity index (χ0n) is 13.4. The van der Waals surface area contributed by atoms with Gasteiger partial charge in [-0.05, 0) is 51.3 Å². The van der Waals surface area contributed by atoms with Gasteiger partial charge in [0.25, 0.3) is 0 Å². The number of methoxy groups -OCH3 is 1. The Bertz CT molecular complexity index is 379. The molecule has 0 saturated carbocycles. The minimum Gasteiger partial charge on any atom is -0.493 e. The molecule has 0 bridgehead atoms. The number of aryl methyl sites for hydroxylation is 1. The van der Waals surface area contributed by atoms with Crippen LogP contribution in [0.5, 0.6) is 5.75 Å². The van der Waals surface area contributed by atoms with Gasteiger partial charge in [-0.25, -0.2) is 0 Å². The van der Waals surface area contributed by atoms with Crippen LogP contribution in [-0.4, -0.2) is 26.9 Å². The van der Waals surface area contributed by atoms with Gasteiger partial charge in [-0.15, -0.1) is 0 Å². The van der Waals surface area contributed by atoms with Crippen molar-refractivity contribution in [2.24, 2.45) is 0 Å². The zero-order valence-corrected chi connectivity index (χ0v) is 13.4. The SMILES string of the molecule is CCCNC(C)c1ccc(C)cc1OCCCCOC. The summed E-state index contributed by atoms with van der Waals surface area (Å²) in [6.07, 6.45) is 3.21. The van der Waals surface area contributed by atoms with Crippen LogP contribution in [0.1, 0.15) is 50.3 Å². The Morgan fingerprint density at radius 3 is 2.65 bits per heavy atom. The van der Waals surface area contributed by atoms with Gasteiger partial charge in [0.2, 0.25) is 0 Å². The number of hydrogen-bond acceptors (Lipinski definition) is 3. The Balaban J connectivity index is 2.60. The highest BCUT2D eigenvalue weighted by molar-refractivity contribution is 5.39. The third-order valence-corrected chi connectivity index (χ3v) is 3.34. The molecule has 114 valence electrons. The van der Waals surface area contributed by atoms with Gasteiger partial charge >= 0.3 is 0 Å². The van der Waals surface area contributed by atoms with E-state index in [2.05, 4.69) is 44.3 Å². The zero-order chi connectivity index (χ0) is 14.8. The van der Waals surface area contributed by atoms with Crippen LogP contribution in [0.4, 0.5) is 0 Å². The first-order valence-electron chi connectivity index (χ1n) is 7.64. The Hall–Kier alpha value is -1.06. The number of nitrogens with one attached hydrogen (secondary N) is 1. The molecule has 20 heavy (non-hydrogen) atoms. The predicted octanol–water partition coefficient (Wildman–Crippen LogP) is 3.86. The van der Waals surface area contributed by atoms with Gasteiger partial charge in [-0.2, -0.15) is 0 Å². The summed E-state index contributed by atoms with van der Waals surface area (Å²) < 4.78 is 11.0. The quantitative estimate of drug-likeness (QED) is 0.660. The summed E-state index contributed by atoms with van der Waals surface area (Å²) in [6, 6.07) is 6.78. The number of rotatable bonds is 10. The van der Waals surface area contributed by atoms with Crippen molar-refractivity contribution in [3.63, 3.8) is 0 Å². The Morgan fingerprint density at radius 1 is 1.20 bits per heavy atom. The second-order valence-corrected chi connectivity index (χ2v) is 5.27. The first kappa shape index (κ1) is 17.0. The molecule has 1 aromatic carbocycles. The summed E-state index contributed by atoms with van der Waals surface area (Å²) in [4.78, 5) is 0. The molecule has 1 unspecified atom stereocenters. The van der Waals surface area contributed by atoms with Crippen molar-refractivity contribution >= 4 is 0 Å². The van der Waals surface area contributed by atoms with E-state index < -0.39 is 0 Å². The van der Waals surface area contributed by atoms with Crippen LogP contribution in [0.2, 0.25) is 0 Å². The average Bonchev–Trinajstić information content (AvgIpc) is 2.44. The second kappa shape index (κ2) is 9.78. The lowest BCUT2D eigenvalue weighted by Crippen LogP contribution is -2.20. The molecule has 0 fully saturated rings. The molecule has 0 amide bonds. The second-order valence-electron chi connectivity index (χ2n) is 5.27. The molecule has 0 aliphatic carbocycles. The maximum absolute atomic E-state index is 5.97. The minimum absolute atomic E-state index is 0.324. The van der Waals surface area contributed by atoms with Crippen molar-refractivity contribution in [2.75, 3.05) is 26.9 Å². The van der Waals surface area contributed by atoms with Crippen molar-refractivity contribution in [1.82, 2.24) is 5.32 Å². The molecular formula is C17H29NO2. The molecular weight excluding hydrogens is 250 g/mol. The molecule has 1 rings (SSSR count). The summed E-state index contributed by atoms with van der Waals surface area (Å²) in [5, 5.41) is 3.52. The summed E-state index contributed by atoms with van der Waals surface area (Å²) in [5.41, 5.74) is 2.49. The Kier molecular flexibility index (Phi) is 8.31. The smallest absolute Gasteiger partial charge is 0.124 e. The molecule has 0 aliphatic rings. The fraction of sp³-hybridized carbons (Fsp3) is 0.647. The summed E-state index contributed by atoms with van der Waals surface area (Å²) in [7, 11) is 1.74. The number of ether oxygens (including phenoxy) is 2. The predicted molar refractivity (Wildman–Crippen MR) is 84.5 cm³/mol. The van der Waals surface area contributed by atoms with Crippen molar-refractivity contribution in [2.45, 2.75) is 46.1 Å². The molecule has 0 aromatic heterocycles. The fourth-order valence-corrected chi connectivity index (χ4v) is 2.13. The highest BCUT2D eigenvalue weighted by Gasteiger charge is 2.11. The lowest BCUT2D eigenvalue weighted by molar-refractivity contribution is 0.184. The van der Waals surface area contributed by atoms with Crippen LogP contribution in [-0.2, 0) is 4.74 Å². The molecule has 0 spiro atoms. The van der Waals surface area contributed by atoms with E-state index in [1.54, 1.807) is 7.11 Å². The summed E-state index contributed by atoms with van der Waals surface area (Å²) >= 11 is 0.